The zero-order valence-electron chi connectivity index (χ0n) is 18.2. The Labute approximate surface area is 192 Å². The number of nitrogens with zero attached hydrogens (tertiary/aromatic N) is 3. The average molecular weight is 473 g/mol. The minimum atomic E-state index is -2.81. The van der Waals surface area contributed by atoms with E-state index in [9.17, 15) is 22.8 Å². The van der Waals surface area contributed by atoms with Gasteiger partial charge in [-0.15, -0.1) is 0 Å². The second-order valence-electron chi connectivity index (χ2n) is 8.65. The predicted octanol–water partition coefficient (Wildman–Crippen LogP) is 3.65. The lowest BCUT2D eigenvalue weighted by Crippen LogP contribution is -2.34. The van der Waals surface area contributed by atoms with Crippen molar-refractivity contribution in [2.75, 3.05) is 11.9 Å². The molecule has 1 saturated heterocycles. The van der Waals surface area contributed by atoms with Crippen LogP contribution in [0.25, 0.3) is 5.65 Å². The van der Waals surface area contributed by atoms with Gasteiger partial charge in [0.05, 0.1) is 11.7 Å². The number of alkyl halides is 3. The number of rotatable bonds is 7. The van der Waals surface area contributed by atoms with Crippen LogP contribution in [0, 0.1) is 5.92 Å². The van der Waals surface area contributed by atoms with Gasteiger partial charge in [-0.25, -0.2) is 23.1 Å². The Kier molecular flexibility index (Phi) is 5.62. The van der Waals surface area contributed by atoms with Gasteiger partial charge in [-0.2, -0.15) is 0 Å². The molecule has 3 aromatic rings. The van der Waals surface area contributed by atoms with E-state index in [0.29, 0.717) is 11.6 Å². The summed E-state index contributed by atoms with van der Waals surface area (Å²) in [5, 5.41) is 5.22. The van der Waals surface area contributed by atoms with Crippen molar-refractivity contribution in [3.63, 3.8) is 0 Å². The highest BCUT2D eigenvalue weighted by molar-refractivity contribution is 6.03. The van der Waals surface area contributed by atoms with Crippen LogP contribution in [0.3, 0.4) is 0 Å². The Morgan fingerprint density at radius 2 is 2.09 bits per heavy atom. The maximum Gasteiger partial charge on any atom is 0.280 e. The Morgan fingerprint density at radius 1 is 1.29 bits per heavy atom. The van der Waals surface area contributed by atoms with Crippen molar-refractivity contribution in [2.45, 2.75) is 44.3 Å². The molecule has 4 heterocycles. The highest BCUT2D eigenvalue weighted by Gasteiger charge is 2.40. The van der Waals surface area contributed by atoms with Crippen LogP contribution in [0.15, 0.2) is 36.7 Å². The van der Waals surface area contributed by atoms with Crippen molar-refractivity contribution in [1.29, 1.82) is 0 Å². The molecule has 5 rings (SSSR count). The molecule has 0 aromatic carbocycles. The topological polar surface area (TPSA) is 97.6 Å². The molecule has 0 bridgehead atoms. The summed E-state index contributed by atoms with van der Waals surface area (Å²) in [5.74, 6) is -1.30. The van der Waals surface area contributed by atoms with E-state index in [1.54, 1.807) is 23.6 Å². The first-order chi connectivity index (χ1) is 16.3. The zero-order chi connectivity index (χ0) is 24.0. The molecule has 0 unspecified atom stereocenters. The third kappa shape index (κ3) is 4.29. The number of anilines is 1. The Morgan fingerprint density at radius 3 is 2.76 bits per heavy atom. The monoisotopic (exact) mass is 473 g/mol. The van der Waals surface area contributed by atoms with Crippen LogP contribution in [0.4, 0.5) is 18.9 Å². The van der Waals surface area contributed by atoms with Crippen LogP contribution in [0.1, 0.15) is 54.0 Å². The lowest BCUT2D eigenvalue weighted by Gasteiger charge is -2.18. The van der Waals surface area contributed by atoms with E-state index in [1.165, 1.54) is 12.1 Å². The quantitative estimate of drug-likeness (QED) is 0.546. The van der Waals surface area contributed by atoms with Crippen LogP contribution < -0.4 is 15.4 Å². The number of hydrogen-bond donors (Lipinski definition) is 2. The van der Waals surface area contributed by atoms with Gasteiger partial charge in [0.1, 0.15) is 35.1 Å². The molecule has 2 aliphatic rings. The molecule has 11 heteroatoms. The predicted molar refractivity (Wildman–Crippen MR) is 116 cm³/mol. The summed E-state index contributed by atoms with van der Waals surface area (Å²) in [6, 6.07) is 4.90. The molecule has 0 radical (unpaired) electrons. The SMILES string of the molecule is C[C@@H]1[C@H](F)C(=O)N[C@@H]1COc1cc2nc(C3CC3)cn2cc1NC(=O)c1cccc(C(F)F)n1. The zero-order valence-corrected chi connectivity index (χ0v) is 18.2. The van der Waals surface area contributed by atoms with Crippen molar-refractivity contribution in [3.8, 4) is 5.75 Å². The van der Waals surface area contributed by atoms with Crippen molar-refractivity contribution >= 4 is 23.1 Å². The average Bonchev–Trinajstić information content (AvgIpc) is 3.55. The number of fused-ring (bicyclic) bond motifs is 1. The smallest absolute Gasteiger partial charge is 0.280 e. The number of nitrogens with one attached hydrogen (secondary N) is 2. The van der Waals surface area contributed by atoms with Crippen molar-refractivity contribution < 1.29 is 27.5 Å². The van der Waals surface area contributed by atoms with Gasteiger partial charge in [-0.05, 0) is 25.0 Å². The summed E-state index contributed by atoms with van der Waals surface area (Å²) < 4.78 is 47.6. The molecule has 178 valence electrons. The van der Waals surface area contributed by atoms with Gasteiger partial charge in [-0.1, -0.05) is 13.0 Å². The standard InChI is InChI=1S/C23H22F3N5O3/c1-11-17(30-23(33)20(11)24)10-34-18-7-19-28-15(12-5-6-12)8-31(19)9-16(18)29-22(32)14-4-2-3-13(27-14)21(25)26/h2-4,7-9,11-12,17,20-21H,5-6,10H2,1H3,(H,29,32)(H,30,33)/t11-,17+,20-/m0/s1. The number of halogens is 3. The summed E-state index contributed by atoms with van der Waals surface area (Å²) in [5.41, 5.74) is 1.10. The van der Waals surface area contributed by atoms with Gasteiger partial charge >= 0.3 is 0 Å². The number of carbonyl (C=O) groups excluding carboxylic acids is 2. The van der Waals surface area contributed by atoms with E-state index in [-0.39, 0.29) is 23.7 Å². The first-order valence-electron chi connectivity index (χ1n) is 11.0. The number of ether oxygens (including phenoxy) is 1. The molecule has 1 aliphatic carbocycles. The van der Waals surface area contributed by atoms with E-state index in [2.05, 4.69) is 20.6 Å². The summed E-state index contributed by atoms with van der Waals surface area (Å²) in [6.45, 7) is 1.59. The fourth-order valence-corrected chi connectivity index (χ4v) is 3.92. The van der Waals surface area contributed by atoms with Crippen LogP contribution >= 0.6 is 0 Å². The third-order valence-electron chi connectivity index (χ3n) is 6.14. The summed E-state index contributed by atoms with van der Waals surface area (Å²) >= 11 is 0. The van der Waals surface area contributed by atoms with E-state index in [4.69, 9.17) is 4.74 Å². The second-order valence-corrected chi connectivity index (χ2v) is 8.65. The van der Waals surface area contributed by atoms with Crippen LogP contribution in [-0.2, 0) is 4.79 Å². The highest BCUT2D eigenvalue weighted by Crippen LogP contribution is 2.40. The first kappa shape index (κ1) is 22.2. The molecule has 8 nitrogen and oxygen atoms in total. The molecular formula is C23H22F3N5O3. The van der Waals surface area contributed by atoms with Gasteiger partial charge in [-0.3, -0.25) is 9.59 Å². The maximum atomic E-state index is 13.9. The fraction of sp³-hybridized carbons (Fsp3) is 0.391. The lowest BCUT2D eigenvalue weighted by atomic mass is 10.0. The number of carbonyl (C=O) groups is 2. The van der Waals surface area contributed by atoms with Crippen LogP contribution in [0.5, 0.6) is 5.75 Å². The van der Waals surface area contributed by atoms with Crippen molar-refractivity contribution in [2.24, 2.45) is 5.92 Å². The molecule has 2 N–H and O–H groups in total. The van der Waals surface area contributed by atoms with Gasteiger partial charge in [0.25, 0.3) is 18.2 Å². The molecule has 2 amide bonds. The number of aromatic nitrogens is 3. The molecule has 1 aliphatic heterocycles. The summed E-state index contributed by atoms with van der Waals surface area (Å²) in [4.78, 5) is 32.7. The molecule has 3 aromatic heterocycles. The molecule has 1 saturated carbocycles. The number of hydrogen-bond acceptors (Lipinski definition) is 5. The first-order valence-corrected chi connectivity index (χ1v) is 11.0. The van der Waals surface area contributed by atoms with Crippen molar-refractivity contribution in [3.05, 3.63) is 53.7 Å². The number of pyridine rings is 2. The molecule has 2 fully saturated rings. The molecular weight excluding hydrogens is 451 g/mol. The van der Waals surface area contributed by atoms with Crippen LogP contribution in [0.2, 0.25) is 0 Å². The van der Waals surface area contributed by atoms with Gasteiger partial charge in [0.15, 0.2) is 6.17 Å². The fourth-order valence-electron chi connectivity index (χ4n) is 3.92. The lowest BCUT2D eigenvalue weighted by molar-refractivity contribution is -0.123. The Bertz CT molecular complexity index is 1260. The second kappa shape index (κ2) is 8.62. The Hall–Kier alpha value is -3.63. The van der Waals surface area contributed by atoms with Gasteiger partial charge in [0.2, 0.25) is 0 Å². The van der Waals surface area contributed by atoms with E-state index in [1.807, 2.05) is 6.20 Å². The largest absolute Gasteiger partial charge is 0.489 e. The minimum absolute atomic E-state index is 0.0261. The Balaban J connectivity index is 1.43. The van der Waals surface area contributed by atoms with Crippen LogP contribution in [-0.4, -0.2) is 45.0 Å². The third-order valence-corrected chi connectivity index (χ3v) is 6.14. The van der Waals surface area contributed by atoms with Gasteiger partial charge in [0, 0.05) is 30.3 Å². The normalized spacial score (nSPS) is 22.3. The van der Waals surface area contributed by atoms with E-state index >= 15 is 0 Å². The van der Waals surface area contributed by atoms with E-state index < -0.39 is 42.1 Å². The van der Waals surface area contributed by atoms with Crippen molar-refractivity contribution in [1.82, 2.24) is 19.7 Å². The number of imidazole rings is 1. The summed E-state index contributed by atoms with van der Waals surface area (Å²) in [6.07, 6.45) is 1.19. The maximum absolute atomic E-state index is 13.9. The summed E-state index contributed by atoms with van der Waals surface area (Å²) in [7, 11) is 0. The molecule has 34 heavy (non-hydrogen) atoms. The van der Waals surface area contributed by atoms with Gasteiger partial charge < -0.3 is 19.8 Å². The minimum Gasteiger partial charge on any atom is -0.489 e. The molecule has 3 atom stereocenters. The number of amides is 2. The molecule has 0 spiro atoms. The van der Waals surface area contributed by atoms with E-state index in [0.717, 1.165) is 24.6 Å². The highest BCUT2D eigenvalue weighted by atomic mass is 19.3.